The highest BCUT2D eigenvalue weighted by Crippen LogP contribution is 2.37. The number of carbonyl (C=O) groups is 4. The van der Waals surface area contributed by atoms with Gasteiger partial charge in [0.15, 0.2) is 0 Å². The molecule has 5 aliphatic rings. The molecule has 4 fully saturated rings. The van der Waals surface area contributed by atoms with E-state index in [2.05, 4.69) is 53.4 Å². The van der Waals surface area contributed by atoms with Gasteiger partial charge in [-0.1, -0.05) is 0 Å². The number of nitriles is 1. The number of benzene rings is 2. The van der Waals surface area contributed by atoms with Gasteiger partial charge in [0.1, 0.15) is 17.8 Å². The van der Waals surface area contributed by atoms with E-state index in [-0.39, 0.29) is 36.1 Å². The average molecular weight is 910 g/mol. The van der Waals surface area contributed by atoms with Crippen molar-refractivity contribution in [2.45, 2.75) is 102 Å². The van der Waals surface area contributed by atoms with E-state index in [1.54, 1.807) is 44.1 Å². The second kappa shape index (κ2) is 18.1. The fourth-order valence-electron chi connectivity index (χ4n) is 11.3. The Morgan fingerprint density at radius 2 is 1.76 bits per heavy atom. The number of hydrogen-bond donors (Lipinski definition) is 3. The lowest BCUT2D eigenvalue weighted by atomic mass is 9.89. The largest absolute Gasteiger partial charge is 0.386 e. The molecule has 0 spiro atoms. The highest BCUT2D eigenvalue weighted by Gasteiger charge is 2.40. The SMILES string of the molecule is COC[C@H]1CN(C2CCC(n3cc4cc(NC(=O)c5ccc6cc(C#N)cnn56)c(C(C)(C)O)cc4n3)CC2)CCN1CC1CCN(c2ccc3c(c2)CN(C2CCC(=O)NC2=O)C3=O)CC1. The van der Waals surface area contributed by atoms with Crippen LogP contribution in [0.15, 0.2) is 60.9 Å². The number of methoxy groups -OCH3 is 1. The zero-order valence-electron chi connectivity index (χ0n) is 38.5. The number of aromatic nitrogens is 4. The van der Waals surface area contributed by atoms with Gasteiger partial charge in [0, 0.05) is 106 Å². The Morgan fingerprint density at radius 1 is 0.970 bits per heavy atom. The number of ether oxygens (including phenoxy) is 1. The number of imide groups is 1. The molecule has 5 aromatic rings. The van der Waals surface area contributed by atoms with Crippen LogP contribution in [0.2, 0.25) is 0 Å². The van der Waals surface area contributed by atoms with Gasteiger partial charge in [0.25, 0.3) is 11.8 Å². The number of nitrogens with zero attached hydrogens (tertiary/aromatic N) is 9. The number of rotatable bonds is 11. The van der Waals surface area contributed by atoms with Crippen molar-refractivity contribution in [2.24, 2.45) is 5.92 Å². The average Bonchev–Trinajstić information content (AvgIpc) is 4.04. The Balaban J connectivity index is 0.726. The summed E-state index contributed by atoms with van der Waals surface area (Å²) in [5.41, 5.74) is 4.66. The summed E-state index contributed by atoms with van der Waals surface area (Å²) in [5, 5.41) is 36.1. The maximum atomic E-state index is 13.6. The molecule has 10 rings (SSSR count). The summed E-state index contributed by atoms with van der Waals surface area (Å²) < 4.78 is 9.40. The first-order valence-corrected chi connectivity index (χ1v) is 23.8. The van der Waals surface area contributed by atoms with Gasteiger partial charge in [-0.25, -0.2) is 4.52 Å². The number of hydrogen-bond acceptors (Lipinski definition) is 12. The zero-order chi connectivity index (χ0) is 46.6. The molecule has 3 N–H and O–H groups in total. The molecular formula is C50H59N11O6. The Labute approximate surface area is 389 Å². The molecule has 0 bridgehead atoms. The second-order valence-corrected chi connectivity index (χ2v) is 19.7. The Hall–Kier alpha value is -6.19. The molecule has 3 aromatic heterocycles. The van der Waals surface area contributed by atoms with E-state index in [0.717, 1.165) is 99.9 Å². The lowest BCUT2D eigenvalue weighted by molar-refractivity contribution is -0.136. The first kappa shape index (κ1) is 44.6. The molecule has 350 valence electrons. The molecule has 1 unspecified atom stereocenters. The van der Waals surface area contributed by atoms with Crippen molar-refractivity contribution < 1.29 is 29.0 Å². The van der Waals surface area contributed by atoms with Gasteiger partial charge in [-0.3, -0.25) is 39.0 Å². The predicted molar refractivity (Wildman–Crippen MR) is 250 cm³/mol. The molecule has 3 saturated heterocycles. The normalized spacial score (nSPS) is 23.5. The highest BCUT2D eigenvalue weighted by molar-refractivity contribution is 6.06. The Bertz CT molecular complexity index is 2770. The summed E-state index contributed by atoms with van der Waals surface area (Å²) in [5.74, 6) is -0.593. The molecule has 7 heterocycles. The summed E-state index contributed by atoms with van der Waals surface area (Å²) in [6, 6.07) is 17.5. The summed E-state index contributed by atoms with van der Waals surface area (Å²) in [7, 11) is 1.80. The van der Waals surface area contributed by atoms with Crippen LogP contribution < -0.4 is 15.5 Å². The van der Waals surface area contributed by atoms with E-state index in [4.69, 9.17) is 9.84 Å². The zero-order valence-corrected chi connectivity index (χ0v) is 38.5. The number of nitrogens with one attached hydrogen (secondary N) is 2. The van der Waals surface area contributed by atoms with E-state index < -0.39 is 11.6 Å². The van der Waals surface area contributed by atoms with Gasteiger partial charge >= 0.3 is 0 Å². The second-order valence-electron chi connectivity index (χ2n) is 19.7. The molecule has 0 radical (unpaired) electrons. The third-order valence-electron chi connectivity index (χ3n) is 15.0. The van der Waals surface area contributed by atoms with Crippen LogP contribution in [0.3, 0.4) is 0 Å². The third-order valence-corrected chi connectivity index (χ3v) is 15.0. The van der Waals surface area contributed by atoms with Crippen LogP contribution in [-0.4, -0.2) is 134 Å². The van der Waals surface area contributed by atoms with Crippen molar-refractivity contribution in [3.05, 3.63) is 88.9 Å². The summed E-state index contributed by atoms with van der Waals surface area (Å²) in [4.78, 5) is 60.5. The van der Waals surface area contributed by atoms with Crippen LogP contribution >= 0.6 is 0 Å². The number of aliphatic hydroxyl groups is 1. The van der Waals surface area contributed by atoms with E-state index in [1.165, 1.54) is 10.7 Å². The van der Waals surface area contributed by atoms with E-state index >= 15 is 0 Å². The lowest BCUT2D eigenvalue weighted by Crippen LogP contribution is -2.58. The smallest absolute Gasteiger partial charge is 0.274 e. The van der Waals surface area contributed by atoms with Crippen molar-refractivity contribution in [1.82, 2.24) is 39.4 Å². The molecule has 2 aromatic carbocycles. The summed E-state index contributed by atoms with van der Waals surface area (Å²) in [6.07, 6.45) is 10.5. The van der Waals surface area contributed by atoms with Crippen LogP contribution in [0.25, 0.3) is 16.4 Å². The number of piperidine rings is 2. The fourth-order valence-corrected chi connectivity index (χ4v) is 11.3. The monoisotopic (exact) mass is 909 g/mol. The van der Waals surface area contributed by atoms with Gasteiger partial charge in [0.2, 0.25) is 11.8 Å². The Morgan fingerprint density at radius 3 is 2.51 bits per heavy atom. The quantitative estimate of drug-likeness (QED) is 0.153. The highest BCUT2D eigenvalue weighted by atomic mass is 16.5. The Kier molecular flexibility index (Phi) is 12.1. The number of carbonyl (C=O) groups excluding carboxylic acids is 4. The number of anilines is 2. The van der Waals surface area contributed by atoms with Crippen molar-refractivity contribution in [2.75, 3.05) is 63.2 Å². The van der Waals surface area contributed by atoms with Crippen LogP contribution in [0, 0.1) is 17.2 Å². The molecule has 4 amide bonds. The van der Waals surface area contributed by atoms with Crippen LogP contribution in [0.5, 0.6) is 0 Å². The van der Waals surface area contributed by atoms with Crippen molar-refractivity contribution >= 4 is 51.4 Å². The molecule has 1 saturated carbocycles. The maximum Gasteiger partial charge on any atom is 0.274 e. The summed E-state index contributed by atoms with van der Waals surface area (Å²) >= 11 is 0. The van der Waals surface area contributed by atoms with Crippen LogP contribution in [0.1, 0.15) is 109 Å². The molecule has 4 aliphatic heterocycles. The maximum absolute atomic E-state index is 13.6. The number of piperazine rings is 1. The minimum Gasteiger partial charge on any atom is -0.386 e. The van der Waals surface area contributed by atoms with Gasteiger partial charge in [0.05, 0.1) is 41.0 Å². The van der Waals surface area contributed by atoms with Gasteiger partial charge in [-0.15, -0.1) is 0 Å². The number of fused-ring (bicyclic) bond motifs is 3. The standard InChI is InChI=1S/C50H59N11O6/c1-50(2,66)41-23-42-34(22-43(41)53-48(64)45-11-9-38-20-32(24-51)25-52-61(38)45)28-60(55-42)36-6-4-35(5-7-36)58-19-18-57(39(29-58)30-67-3)26-31-14-16-56(17-15-31)37-8-10-40-33(21-37)27-59(49(40)65)44-12-13-46(62)54-47(44)63/h8-11,20-23,25,28,31,35-36,39,44,66H,4-7,12-19,26-27,29-30H2,1-3H3,(H,53,64)(H,54,62,63)/t35?,36?,39-,44?/m1/s1. The molecule has 2 atom stereocenters. The van der Waals surface area contributed by atoms with Crippen LogP contribution in [0.4, 0.5) is 11.4 Å². The molecular weight excluding hydrogens is 851 g/mol. The topological polar surface area (TPSA) is 194 Å². The molecule has 17 heteroatoms. The predicted octanol–water partition coefficient (Wildman–Crippen LogP) is 4.83. The summed E-state index contributed by atoms with van der Waals surface area (Å²) in [6.45, 7) is 10.5. The minimum absolute atomic E-state index is 0.139. The minimum atomic E-state index is -1.25. The molecule has 17 nitrogen and oxygen atoms in total. The van der Waals surface area contributed by atoms with E-state index in [0.29, 0.717) is 71.2 Å². The van der Waals surface area contributed by atoms with E-state index in [9.17, 15) is 29.5 Å². The molecule has 67 heavy (non-hydrogen) atoms. The third kappa shape index (κ3) is 8.91. The van der Waals surface area contributed by atoms with E-state index in [1.807, 2.05) is 24.3 Å². The first-order chi connectivity index (χ1) is 32.3. The fraction of sp³-hybridized carbons (Fsp3) is 0.500. The van der Waals surface area contributed by atoms with Crippen molar-refractivity contribution in [3.63, 3.8) is 0 Å². The van der Waals surface area contributed by atoms with Gasteiger partial charge < -0.3 is 25.0 Å². The van der Waals surface area contributed by atoms with Crippen LogP contribution in [-0.2, 0) is 26.5 Å². The molecule has 1 aliphatic carbocycles. The van der Waals surface area contributed by atoms with Crippen molar-refractivity contribution in [1.29, 1.82) is 5.26 Å². The van der Waals surface area contributed by atoms with Crippen molar-refractivity contribution in [3.8, 4) is 6.07 Å². The number of amides is 4. The van der Waals surface area contributed by atoms with Gasteiger partial charge in [-0.2, -0.15) is 15.5 Å². The lowest BCUT2D eigenvalue weighted by Gasteiger charge is -2.47. The van der Waals surface area contributed by atoms with Gasteiger partial charge in [-0.05, 0) is 119 Å². The first-order valence-electron chi connectivity index (χ1n) is 23.8.